The molecule has 2 fully saturated rings. The fourth-order valence-electron chi connectivity index (χ4n) is 4.65. The van der Waals surface area contributed by atoms with Gasteiger partial charge in [-0.05, 0) is 43.7 Å². The third-order valence-electron chi connectivity index (χ3n) is 6.14. The molecule has 2 amide bonds. The third-order valence-corrected chi connectivity index (χ3v) is 6.73. The Morgan fingerprint density at radius 3 is 2.76 bits per heavy atom. The van der Waals surface area contributed by atoms with Crippen LogP contribution in [0.4, 0.5) is 0 Å². The van der Waals surface area contributed by atoms with Crippen molar-refractivity contribution >= 4 is 23.2 Å². The molecule has 0 unspecified atom stereocenters. The number of pyridine rings is 1. The van der Waals surface area contributed by atoms with Gasteiger partial charge in [-0.2, -0.15) is 0 Å². The van der Waals surface area contributed by atoms with Gasteiger partial charge in [0.1, 0.15) is 5.69 Å². The van der Waals surface area contributed by atoms with Crippen LogP contribution in [0.25, 0.3) is 0 Å². The normalized spacial score (nSPS) is 21.1. The number of aromatic nitrogens is 2. The minimum absolute atomic E-state index is 0.0204. The van der Waals surface area contributed by atoms with E-state index >= 15 is 0 Å². The van der Waals surface area contributed by atoms with Crippen LogP contribution >= 0.6 is 11.3 Å². The van der Waals surface area contributed by atoms with E-state index < -0.39 is 0 Å². The SMILES string of the molecule is O=C(CC1CCCC1)N[C@@H](c1ccccn1)[C@H]1CCCN(C(=O)c2cscn2)C1. The zero-order valence-electron chi connectivity index (χ0n) is 16.6. The van der Waals surface area contributed by atoms with Gasteiger partial charge in [-0.15, -0.1) is 11.3 Å². The zero-order chi connectivity index (χ0) is 20.1. The average Bonchev–Trinajstić information content (AvgIpc) is 3.47. The largest absolute Gasteiger partial charge is 0.347 e. The van der Waals surface area contributed by atoms with Gasteiger partial charge in [-0.1, -0.05) is 18.9 Å². The Morgan fingerprint density at radius 2 is 2.03 bits per heavy atom. The molecular weight excluding hydrogens is 384 g/mol. The lowest BCUT2D eigenvalue weighted by atomic mass is 9.88. The Labute approximate surface area is 175 Å². The molecule has 2 aromatic heterocycles. The molecule has 1 aliphatic carbocycles. The van der Waals surface area contributed by atoms with Gasteiger partial charge in [0.2, 0.25) is 5.91 Å². The number of hydrogen-bond acceptors (Lipinski definition) is 5. The number of likely N-dealkylation sites (tertiary alicyclic amines) is 1. The van der Waals surface area contributed by atoms with Crippen molar-refractivity contribution in [3.05, 3.63) is 46.7 Å². The van der Waals surface area contributed by atoms with Crippen molar-refractivity contribution in [2.75, 3.05) is 13.1 Å². The Kier molecular flexibility index (Phi) is 6.54. The van der Waals surface area contributed by atoms with E-state index in [4.69, 9.17) is 0 Å². The van der Waals surface area contributed by atoms with Gasteiger partial charge >= 0.3 is 0 Å². The van der Waals surface area contributed by atoms with E-state index in [9.17, 15) is 9.59 Å². The predicted molar refractivity (Wildman–Crippen MR) is 112 cm³/mol. The lowest BCUT2D eigenvalue weighted by Gasteiger charge is -2.37. The van der Waals surface area contributed by atoms with Crippen molar-refractivity contribution in [2.45, 2.75) is 51.0 Å². The summed E-state index contributed by atoms with van der Waals surface area (Å²) in [4.78, 5) is 36.2. The molecule has 3 heterocycles. The Morgan fingerprint density at radius 1 is 1.17 bits per heavy atom. The number of amides is 2. The highest BCUT2D eigenvalue weighted by atomic mass is 32.1. The second-order valence-corrected chi connectivity index (χ2v) is 8.90. The number of carbonyl (C=O) groups excluding carboxylic acids is 2. The molecule has 1 N–H and O–H groups in total. The summed E-state index contributed by atoms with van der Waals surface area (Å²) in [5.74, 6) is 0.741. The van der Waals surface area contributed by atoms with E-state index in [0.717, 1.165) is 37.9 Å². The summed E-state index contributed by atoms with van der Waals surface area (Å²) in [6, 6.07) is 5.65. The van der Waals surface area contributed by atoms with Crippen LogP contribution in [0.3, 0.4) is 0 Å². The lowest BCUT2D eigenvalue weighted by Crippen LogP contribution is -2.45. The molecule has 154 valence electrons. The third kappa shape index (κ3) is 5.01. The molecule has 4 rings (SSSR count). The van der Waals surface area contributed by atoms with Crippen LogP contribution in [0.15, 0.2) is 35.3 Å². The Balaban J connectivity index is 1.47. The van der Waals surface area contributed by atoms with Crippen LogP contribution in [-0.2, 0) is 4.79 Å². The molecule has 2 aliphatic rings. The molecular formula is C22H28N4O2S. The Bertz CT molecular complexity index is 805. The lowest BCUT2D eigenvalue weighted by molar-refractivity contribution is -0.123. The summed E-state index contributed by atoms with van der Waals surface area (Å²) in [7, 11) is 0. The second kappa shape index (κ2) is 9.48. The van der Waals surface area contributed by atoms with E-state index in [1.165, 1.54) is 24.2 Å². The second-order valence-electron chi connectivity index (χ2n) is 8.18. The topological polar surface area (TPSA) is 75.2 Å². The Hall–Kier alpha value is -2.28. The predicted octanol–water partition coefficient (Wildman–Crippen LogP) is 3.83. The van der Waals surface area contributed by atoms with Crippen molar-refractivity contribution in [2.24, 2.45) is 11.8 Å². The van der Waals surface area contributed by atoms with Crippen LogP contribution in [0.1, 0.15) is 67.2 Å². The molecule has 2 atom stereocenters. The van der Waals surface area contributed by atoms with E-state index in [1.807, 2.05) is 23.1 Å². The van der Waals surface area contributed by atoms with Crippen LogP contribution in [-0.4, -0.2) is 39.8 Å². The number of nitrogens with one attached hydrogen (secondary N) is 1. The zero-order valence-corrected chi connectivity index (χ0v) is 17.4. The fourth-order valence-corrected chi connectivity index (χ4v) is 5.17. The summed E-state index contributed by atoms with van der Waals surface area (Å²) in [6.07, 6.45) is 9.02. The van der Waals surface area contributed by atoms with Gasteiger partial charge < -0.3 is 10.2 Å². The van der Waals surface area contributed by atoms with Crippen LogP contribution in [0.5, 0.6) is 0 Å². The van der Waals surface area contributed by atoms with E-state index in [1.54, 1.807) is 17.1 Å². The van der Waals surface area contributed by atoms with Crippen molar-refractivity contribution in [1.82, 2.24) is 20.2 Å². The molecule has 1 aliphatic heterocycles. The van der Waals surface area contributed by atoms with Gasteiger partial charge in [0.25, 0.3) is 5.91 Å². The first-order valence-corrected chi connectivity index (χ1v) is 11.5. The van der Waals surface area contributed by atoms with Gasteiger partial charge in [-0.3, -0.25) is 14.6 Å². The van der Waals surface area contributed by atoms with Gasteiger partial charge in [0, 0.05) is 37.0 Å². The maximum atomic E-state index is 12.8. The first kappa shape index (κ1) is 20.0. The number of carbonyl (C=O) groups is 2. The first-order valence-electron chi connectivity index (χ1n) is 10.6. The standard InChI is InChI=1S/C22H28N4O2S/c27-20(12-16-6-1-2-7-16)25-21(18-9-3-4-10-23-18)17-8-5-11-26(13-17)22(28)19-14-29-15-24-19/h3-4,9-10,14-17,21H,1-2,5-8,11-13H2,(H,25,27)/t17-,21+/m0/s1. The highest BCUT2D eigenvalue weighted by molar-refractivity contribution is 7.07. The van der Waals surface area contributed by atoms with Crippen molar-refractivity contribution in [3.8, 4) is 0 Å². The maximum Gasteiger partial charge on any atom is 0.273 e. The fraction of sp³-hybridized carbons (Fsp3) is 0.545. The summed E-state index contributed by atoms with van der Waals surface area (Å²) < 4.78 is 0. The molecule has 0 spiro atoms. The number of piperidine rings is 1. The summed E-state index contributed by atoms with van der Waals surface area (Å²) in [5, 5.41) is 5.07. The molecule has 7 heteroatoms. The molecule has 29 heavy (non-hydrogen) atoms. The minimum atomic E-state index is -0.170. The number of rotatable bonds is 6. The van der Waals surface area contributed by atoms with Crippen molar-refractivity contribution < 1.29 is 9.59 Å². The van der Waals surface area contributed by atoms with Gasteiger partial charge in [-0.25, -0.2) is 4.98 Å². The van der Waals surface area contributed by atoms with E-state index in [0.29, 0.717) is 24.6 Å². The first-order chi connectivity index (χ1) is 14.2. The van der Waals surface area contributed by atoms with Crippen LogP contribution in [0.2, 0.25) is 0 Å². The summed E-state index contributed by atoms with van der Waals surface area (Å²) in [6.45, 7) is 1.35. The quantitative estimate of drug-likeness (QED) is 0.782. The molecule has 2 aromatic rings. The maximum absolute atomic E-state index is 12.8. The molecule has 1 saturated heterocycles. The van der Waals surface area contributed by atoms with Crippen LogP contribution < -0.4 is 5.32 Å². The number of nitrogens with zero attached hydrogens (tertiary/aromatic N) is 3. The average molecular weight is 413 g/mol. The van der Waals surface area contributed by atoms with E-state index in [-0.39, 0.29) is 23.8 Å². The van der Waals surface area contributed by atoms with Crippen molar-refractivity contribution in [3.63, 3.8) is 0 Å². The monoisotopic (exact) mass is 412 g/mol. The molecule has 0 radical (unpaired) electrons. The highest BCUT2D eigenvalue weighted by Crippen LogP contribution is 2.31. The summed E-state index contributed by atoms with van der Waals surface area (Å²) >= 11 is 1.43. The van der Waals surface area contributed by atoms with Gasteiger partial charge in [0.05, 0.1) is 17.2 Å². The summed E-state index contributed by atoms with van der Waals surface area (Å²) in [5.41, 5.74) is 3.07. The minimum Gasteiger partial charge on any atom is -0.347 e. The molecule has 1 saturated carbocycles. The van der Waals surface area contributed by atoms with Gasteiger partial charge in [0.15, 0.2) is 0 Å². The number of thiazole rings is 1. The number of hydrogen-bond donors (Lipinski definition) is 1. The smallest absolute Gasteiger partial charge is 0.273 e. The van der Waals surface area contributed by atoms with Crippen molar-refractivity contribution in [1.29, 1.82) is 0 Å². The van der Waals surface area contributed by atoms with Crippen LogP contribution in [0, 0.1) is 11.8 Å². The highest BCUT2D eigenvalue weighted by Gasteiger charge is 2.33. The van der Waals surface area contributed by atoms with E-state index in [2.05, 4.69) is 15.3 Å². The molecule has 0 aromatic carbocycles. The molecule has 0 bridgehead atoms. The molecule has 6 nitrogen and oxygen atoms in total.